The summed E-state index contributed by atoms with van der Waals surface area (Å²) in [7, 11) is 0. The van der Waals surface area contributed by atoms with E-state index in [4.69, 9.17) is 4.74 Å². The van der Waals surface area contributed by atoms with Gasteiger partial charge in [0.2, 0.25) is 5.91 Å². The average Bonchev–Trinajstić information content (AvgIpc) is 2.61. The molecular weight excluding hydrogens is 346 g/mol. The Bertz CT molecular complexity index is 834. The highest BCUT2D eigenvalue weighted by Gasteiger charge is 2.37. The molecule has 5 nitrogen and oxygen atoms in total. The maximum Gasteiger partial charge on any atom is 0.238 e. The Morgan fingerprint density at radius 1 is 1.23 bits per heavy atom. The molecule has 1 amide bonds. The van der Waals surface area contributed by atoms with Crippen molar-refractivity contribution in [2.75, 3.05) is 17.3 Å². The van der Waals surface area contributed by atoms with Gasteiger partial charge in [-0.3, -0.25) is 9.69 Å². The summed E-state index contributed by atoms with van der Waals surface area (Å²) in [4.78, 5) is 23.4. The number of carbonyl (C=O) groups is 1. The van der Waals surface area contributed by atoms with Crippen molar-refractivity contribution in [2.24, 2.45) is 0 Å². The Balaban J connectivity index is 1.96. The van der Waals surface area contributed by atoms with Gasteiger partial charge in [0.05, 0.1) is 23.6 Å². The molecule has 0 bridgehead atoms. The molecule has 1 aliphatic heterocycles. The number of fused-ring (bicyclic) bond motifs is 1. The number of amides is 1. The summed E-state index contributed by atoms with van der Waals surface area (Å²) in [5, 5.41) is 0.598. The molecule has 0 unspecified atom stereocenters. The molecule has 1 aromatic heterocycles. The summed E-state index contributed by atoms with van der Waals surface area (Å²) >= 11 is 1.34. The molecule has 136 valence electrons. The molecule has 1 aliphatic rings. The van der Waals surface area contributed by atoms with E-state index in [9.17, 15) is 4.79 Å². The highest BCUT2D eigenvalue weighted by atomic mass is 32.2. The lowest BCUT2D eigenvalue weighted by Gasteiger charge is -2.42. The maximum atomic E-state index is 13.2. The fourth-order valence-electron chi connectivity index (χ4n) is 3.30. The van der Waals surface area contributed by atoms with E-state index in [2.05, 4.69) is 23.0 Å². The number of aromatic nitrogens is 2. The summed E-state index contributed by atoms with van der Waals surface area (Å²) in [6, 6.07) is 7.68. The lowest BCUT2D eigenvalue weighted by atomic mass is 9.88. The van der Waals surface area contributed by atoms with Gasteiger partial charge in [-0.15, -0.1) is 0 Å². The van der Waals surface area contributed by atoms with Crippen LogP contribution in [-0.2, 0) is 4.79 Å². The van der Waals surface area contributed by atoms with Crippen LogP contribution < -0.4 is 9.64 Å². The molecule has 3 rings (SSSR count). The largest absolute Gasteiger partial charge is 0.492 e. The SMILES string of the molecule is CCOc1cccc2c1N(C(=O)CSc1ncccn1)C(C)(C)C=C2C. The molecule has 0 aliphatic carbocycles. The number of hydrogen-bond donors (Lipinski definition) is 0. The van der Waals surface area contributed by atoms with Gasteiger partial charge < -0.3 is 4.74 Å². The van der Waals surface area contributed by atoms with Crippen LogP contribution in [0.1, 0.15) is 33.3 Å². The minimum atomic E-state index is -0.445. The number of benzene rings is 1. The van der Waals surface area contributed by atoms with E-state index >= 15 is 0 Å². The molecule has 2 aromatic rings. The third-order valence-electron chi connectivity index (χ3n) is 4.21. The third-order valence-corrected chi connectivity index (χ3v) is 5.07. The summed E-state index contributed by atoms with van der Waals surface area (Å²) in [6.07, 6.45) is 5.49. The topological polar surface area (TPSA) is 55.3 Å². The number of hydrogen-bond acceptors (Lipinski definition) is 5. The monoisotopic (exact) mass is 369 g/mol. The van der Waals surface area contributed by atoms with Crippen LogP contribution in [0.15, 0.2) is 47.9 Å². The van der Waals surface area contributed by atoms with Crippen LogP contribution in [-0.4, -0.2) is 33.8 Å². The van der Waals surface area contributed by atoms with E-state index in [-0.39, 0.29) is 11.7 Å². The Morgan fingerprint density at radius 2 is 1.96 bits per heavy atom. The first kappa shape index (κ1) is 18.5. The number of carbonyl (C=O) groups excluding carboxylic acids is 1. The molecule has 0 fully saturated rings. The molecule has 1 aromatic carbocycles. The zero-order valence-corrected chi connectivity index (χ0v) is 16.3. The van der Waals surface area contributed by atoms with Crippen molar-refractivity contribution in [3.8, 4) is 5.75 Å². The summed E-state index contributed by atoms with van der Waals surface area (Å²) < 4.78 is 5.84. The van der Waals surface area contributed by atoms with Crippen LogP contribution in [0.5, 0.6) is 5.75 Å². The first-order valence-electron chi connectivity index (χ1n) is 8.62. The Morgan fingerprint density at radius 3 is 2.65 bits per heavy atom. The van der Waals surface area contributed by atoms with Gasteiger partial charge >= 0.3 is 0 Å². The Labute approximate surface area is 158 Å². The number of anilines is 1. The van der Waals surface area contributed by atoms with Crippen molar-refractivity contribution in [2.45, 2.75) is 38.4 Å². The van der Waals surface area contributed by atoms with Crippen molar-refractivity contribution in [1.29, 1.82) is 0 Å². The molecule has 0 saturated heterocycles. The predicted octanol–water partition coefficient (Wildman–Crippen LogP) is 4.20. The molecule has 0 N–H and O–H groups in total. The minimum Gasteiger partial charge on any atom is -0.492 e. The van der Waals surface area contributed by atoms with Crippen LogP contribution in [0, 0.1) is 0 Å². The first-order valence-corrected chi connectivity index (χ1v) is 9.61. The molecule has 6 heteroatoms. The highest BCUT2D eigenvalue weighted by molar-refractivity contribution is 7.99. The molecule has 2 heterocycles. The van der Waals surface area contributed by atoms with E-state index in [1.54, 1.807) is 18.5 Å². The molecule has 0 spiro atoms. The second-order valence-corrected chi connectivity index (χ2v) is 7.56. The molecular formula is C20H23N3O2S. The first-order chi connectivity index (χ1) is 12.4. The standard InChI is InChI=1S/C20H23N3O2S/c1-5-25-16-9-6-8-15-14(2)12-20(3,4)23(18(15)16)17(24)13-26-19-21-10-7-11-22-19/h6-12H,5,13H2,1-4H3. The van der Waals surface area contributed by atoms with Gasteiger partial charge in [0.15, 0.2) is 5.16 Å². The van der Waals surface area contributed by atoms with Crippen molar-refractivity contribution >= 4 is 28.9 Å². The number of allylic oxidation sites excluding steroid dienone is 1. The zero-order chi connectivity index (χ0) is 18.7. The summed E-state index contributed by atoms with van der Waals surface area (Å²) in [5.74, 6) is 1.00. The van der Waals surface area contributed by atoms with Crippen molar-refractivity contribution in [3.63, 3.8) is 0 Å². The number of para-hydroxylation sites is 1. The number of ether oxygens (including phenoxy) is 1. The molecule has 0 radical (unpaired) electrons. The number of nitrogens with zero attached hydrogens (tertiary/aromatic N) is 3. The predicted molar refractivity (Wildman–Crippen MR) is 106 cm³/mol. The van der Waals surface area contributed by atoms with Crippen molar-refractivity contribution in [1.82, 2.24) is 9.97 Å². The zero-order valence-electron chi connectivity index (χ0n) is 15.5. The van der Waals surface area contributed by atoms with Gasteiger partial charge in [-0.1, -0.05) is 30.0 Å². The summed E-state index contributed by atoms with van der Waals surface area (Å²) in [5.41, 5.74) is 2.58. The second kappa shape index (κ2) is 7.50. The fraction of sp³-hybridized carbons (Fsp3) is 0.350. The molecule has 26 heavy (non-hydrogen) atoms. The van der Waals surface area contributed by atoms with E-state index in [1.807, 2.05) is 43.9 Å². The van der Waals surface area contributed by atoms with Gasteiger partial charge in [0, 0.05) is 18.0 Å². The second-order valence-electron chi connectivity index (χ2n) is 6.62. The van der Waals surface area contributed by atoms with E-state index in [0.717, 1.165) is 22.6 Å². The smallest absolute Gasteiger partial charge is 0.238 e. The Hall–Kier alpha value is -2.34. The highest BCUT2D eigenvalue weighted by Crippen LogP contribution is 2.44. The van der Waals surface area contributed by atoms with Crippen LogP contribution in [0.25, 0.3) is 5.57 Å². The van der Waals surface area contributed by atoms with Crippen LogP contribution in [0.3, 0.4) is 0 Å². The lowest BCUT2D eigenvalue weighted by molar-refractivity contribution is -0.116. The van der Waals surface area contributed by atoms with Gasteiger partial charge in [-0.25, -0.2) is 9.97 Å². The Kier molecular flexibility index (Phi) is 5.32. The normalized spacial score (nSPS) is 15.2. The third kappa shape index (κ3) is 3.60. The maximum absolute atomic E-state index is 13.2. The average molecular weight is 369 g/mol. The van der Waals surface area contributed by atoms with Crippen molar-refractivity contribution < 1.29 is 9.53 Å². The van der Waals surface area contributed by atoms with Gasteiger partial charge in [-0.2, -0.15) is 0 Å². The summed E-state index contributed by atoms with van der Waals surface area (Å²) in [6.45, 7) is 8.66. The van der Waals surface area contributed by atoms with Crippen LogP contribution in [0.2, 0.25) is 0 Å². The van der Waals surface area contributed by atoms with Gasteiger partial charge in [-0.05, 0) is 45.4 Å². The van der Waals surface area contributed by atoms with E-state index in [1.165, 1.54) is 11.8 Å². The lowest BCUT2D eigenvalue weighted by Crippen LogP contribution is -2.50. The van der Waals surface area contributed by atoms with Crippen LogP contribution in [0.4, 0.5) is 5.69 Å². The number of rotatable bonds is 5. The molecule has 0 saturated carbocycles. The van der Waals surface area contributed by atoms with Crippen molar-refractivity contribution in [3.05, 3.63) is 48.3 Å². The molecule has 0 atom stereocenters. The van der Waals surface area contributed by atoms with Gasteiger partial charge in [0.1, 0.15) is 5.75 Å². The minimum absolute atomic E-state index is 0.00426. The van der Waals surface area contributed by atoms with Crippen LogP contribution >= 0.6 is 11.8 Å². The number of thioether (sulfide) groups is 1. The van der Waals surface area contributed by atoms with Gasteiger partial charge in [0.25, 0.3) is 0 Å². The quantitative estimate of drug-likeness (QED) is 0.584. The van der Waals surface area contributed by atoms with E-state index in [0.29, 0.717) is 11.8 Å². The van der Waals surface area contributed by atoms with E-state index < -0.39 is 5.54 Å². The fourth-order valence-corrected chi connectivity index (χ4v) is 3.95.